The van der Waals surface area contributed by atoms with Gasteiger partial charge in [0.1, 0.15) is 6.10 Å². The molecule has 0 spiro atoms. The number of carbonyl (C=O) groups excluding carboxylic acids is 1. The monoisotopic (exact) mass is 304 g/mol. The lowest BCUT2D eigenvalue weighted by Crippen LogP contribution is -2.31. The van der Waals surface area contributed by atoms with Crippen LogP contribution < -0.4 is 0 Å². The van der Waals surface area contributed by atoms with Gasteiger partial charge in [0.25, 0.3) is 0 Å². The molecule has 1 aromatic carbocycles. The smallest absolute Gasteiger partial charge is 0.331 e. The van der Waals surface area contributed by atoms with Gasteiger partial charge >= 0.3 is 11.9 Å². The van der Waals surface area contributed by atoms with Crippen LogP contribution in [0, 0.1) is 5.92 Å². The minimum absolute atomic E-state index is 0.492. The summed E-state index contributed by atoms with van der Waals surface area (Å²) < 4.78 is 5.34. The Hall–Kier alpha value is -2.10. The van der Waals surface area contributed by atoms with Gasteiger partial charge in [-0.15, -0.1) is 0 Å². The summed E-state index contributed by atoms with van der Waals surface area (Å²) in [6.07, 6.45) is 5.17. The Bertz CT molecular complexity index is 493. The number of hydrogen-bond acceptors (Lipinski definition) is 3. The number of hydrogen-bond donors (Lipinski definition) is 1. The fourth-order valence-electron chi connectivity index (χ4n) is 2.26. The van der Waals surface area contributed by atoms with E-state index in [-0.39, 0.29) is 0 Å². The van der Waals surface area contributed by atoms with Crippen molar-refractivity contribution in [3.63, 3.8) is 0 Å². The van der Waals surface area contributed by atoms with Gasteiger partial charge in [-0.3, -0.25) is 4.79 Å². The average molecular weight is 304 g/mol. The highest BCUT2D eigenvalue weighted by atomic mass is 16.5. The lowest BCUT2D eigenvalue weighted by molar-refractivity contribution is -0.155. The maximum atomic E-state index is 11.9. The van der Waals surface area contributed by atoms with E-state index in [0.717, 1.165) is 18.4 Å². The molecule has 0 aliphatic rings. The maximum absolute atomic E-state index is 11.9. The quantitative estimate of drug-likeness (QED) is 0.555. The third-order valence-corrected chi connectivity index (χ3v) is 3.52. The number of esters is 1. The van der Waals surface area contributed by atoms with Gasteiger partial charge in [-0.2, -0.15) is 0 Å². The largest absolute Gasteiger partial charge is 0.481 e. The minimum Gasteiger partial charge on any atom is -0.481 e. The summed E-state index contributed by atoms with van der Waals surface area (Å²) in [6.45, 7) is 3.84. The van der Waals surface area contributed by atoms with Gasteiger partial charge in [0.15, 0.2) is 0 Å². The summed E-state index contributed by atoms with van der Waals surface area (Å²) in [5.41, 5.74) is 0.897. The Balaban J connectivity index is 2.65. The molecule has 0 aromatic heterocycles. The second-order valence-corrected chi connectivity index (χ2v) is 5.21. The van der Waals surface area contributed by atoms with Crippen molar-refractivity contribution in [1.29, 1.82) is 0 Å². The van der Waals surface area contributed by atoms with Crippen molar-refractivity contribution < 1.29 is 19.4 Å². The van der Waals surface area contributed by atoms with E-state index in [0.29, 0.717) is 12.8 Å². The van der Waals surface area contributed by atoms with Crippen molar-refractivity contribution in [3.05, 3.63) is 42.0 Å². The van der Waals surface area contributed by atoms with E-state index in [1.165, 1.54) is 6.08 Å². The molecular formula is C18H24O4. The molecule has 120 valence electrons. The Kier molecular flexibility index (Phi) is 7.97. The van der Waals surface area contributed by atoms with Crippen LogP contribution in [-0.4, -0.2) is 23.1 Å². The van der Waals surface area contributed by atoms with Gasteiger partial charge < -0.3 is 9.84 Å². The topological polar surface area (TPSA) is 63.6 Å². The summed E-state index contributed by atoms with van der Waals surface area (Å²) in [7, 11) is 0. The van der Waals surface area contributed by atoms with Gasteiger partial charge in [0, 0.05) is 6.08 Å². The number of carboxylic acids is 1. The zero-order valence-electron chi connectivity index (χ0n) is 13.2. The first kappa shape index (κ1) is 18.0. The van der Waals surface area contributed by atoms with Gasteiger partial charge in [0.2, 0.25) is 0 Å². The van der Waals surface area contributed by atoms with Crippen LogP contribution in [-0.2, 0) is 14.3 Å². The number of unbranched alkanes of at least 4 members (excludes halogenated alkanes) is 1. The highest BCUT2D eigenvalue weighted by Gasteiger charge is 2.28. The molecule has 2 atom stereocenters. The second-order valence-electron chi connectivity index (χ2n) is 5.21. The molecule has 0 amide bonds. The standard InChI is InChI=1S/C18H24O4/c1-3-5-11-15(18(20)21)16(4-2)22-17(19)13-12-14-9-7-6-8-10-14/h6-10,12-13,15-16H,3-5,11H2,1-2H3,(H,20,21). The molecule has 0 saturated heterocycles. The summed E-state index contributed by atoms with van der Waals surface area (Å²) in [4.78, 5) is 23.2. The Labute approximate surface area is 131 Å². The van der Waals surface area contributed by atoms with E-state index in [9.17, 15) is 14.7 Å². The van der Waals surface area contributed by atoms with Crippen LogP contribution in [0.5, 0.6) is 0 Å². The molecule has 22 heavy (non-hydrogen) atoms. The van der Waals surface area contributed by atoms with Crippen molar-refractivity contribution in [1.82, 2.24) is 0 Å². The molecule has 1 rings (SSSR count). The first-order valence-electron chi connectivity index (χ1n) is 7.75. The lowest BCUT2D eigenvalue weighted by Gasteiger charge is -2.22. The van der Waals surface area contributed by atoms with E-state index in [1.54, 1.807) is 6.08 Å². The summed E-state index contributed by atoms with van der Waals surface area (Å²) in [5, 5.41) is 9.31. The van der Waals surface area contributed by atoms with Gasteiger partial charge in [-0.25, -0.2) is 4.79 Å². The molecule has 0 heterocycles. The maximum Gasteiger partial charge on any atom is 0.331 e. The Morgan fingerprint density at radius 2 is 1.91 bits per heavy atom. The average Bonchev–Trinajstić information content (AvgIpc) is 2.52. The van der Waals surface area contributed by atoms with E-state index in [4.69, 9.17) is 4.74 Å². The zero-order valence-corrected chi connectivity index (χ0v) is 13.2. The Morgan fingerprint density at radius 3 is 2.45 bits per heavy atom. The lowest BCUT2D eigenvalue weighted by atomic mass is 9.94. The van der Waals surface area contributed by atoms with Gasteiger partial charge in [-0.1, -0.05) is 57.0 Å². The van der Waals surface area contributed by atoms with Crippen molar-refractivity contribution in [3.8, 4) is 0 Å². The number of carboxylic acid groups (broad SMARTS) is 1. The van der Waals surface area contributed by atoms with Crippen LogP contribution in [0.2, 0.25) is 0 Å². The molecule has 1 N–H and O–H groups in total. The number of carbonyl (C=O) groups is 2. The molecule has 4 heteroatoms. The number of ether oxygens (including phenoxy) is 1. The van der Waals surface area contributed by atoms with Crippen LogP contribution >= 0.6 is 0 Å². The molecule has 1 aromatic rings. The molecule has 2 unspecified atom stereocenters. The van der Waals surface area contributed by atoms with Crippen molar-refractivity contribution in [2.75, 3.05) is 0 Å². The van der Waals surface area contributed by atoms with E-state index < -0.39 is 24.0 Å². The van der Waals surface area contributed by atoms with Crippen LogP contribution in [0.4, 0.5) is 0 Å². The van der Waals surface area contributed by atoms with Gasteiger partial charge in [0.05, 0.1) is 5.92 Å². The van der Waals surface area contributed by atoms with Gasteiger partial charge in [-0.05, 0) is 24.5 Å². The summed E-state index contributed by atoms with van der Waals surface area (Å²) in [5.74, 6) is -2.04. The van der Waals surface area contributed by atoms with Crippen LogP contribution in [0.1, 0.15) is 45.1 Å². The molecule has 0 aliphatic carbocycles. The van der Waals surface area contributed by atoms with E-state index in [2.05, 4.69) is 0 Å². The third-order valence-electron chi connectivity index (χ3n) is 3.52. The van der Waals surface area contributed by atoms with Crippen molar-refractivity contribution in [2.45, 2.75) is 45.6 Å². The highest BCUT2D eigenvalue weighted by molar-refractivity contribution is 5.87. The molecule has 0 aliphatic heterocycles. The SMILES string of the molecule is CCCCC(C(=O)O)C(CC)OC(=O)C=Cc1ccccc1. The zero-order chi connectivity index (χ0) is 16.4. The second kappa shape index (κ2) is 9.77. The molecular weight excluding hydrogens is 280 g/mol. The minimum atomic E-state index is -0.903. The molecule has 0 bridgehead atoms. The number of benzene rings is 1. The fraction of sp³-hybridized carbons (Fsp3) is 0.444. The number of rotatable bonds is 9. The van der Waals surface area contributed by atoms with Crippen molar-refractivity contribution in [2.24, 2.45) is 5.92 Å². The highest BCUT2D eigenvalue weighted by Crippen LogP contribution is 2.19. The van der Waals surface area contributed by atoms with Crippen LogP contribution in [0.3, 0.4) is 0 Å². The predicted octanol–water partition coefficient (Wildman–Crippen LogP) is 3.91. The van der Waals surface area contributed by atoms with E-state index in [1.807, 2.05) is 44.2 Å². The molecule has 0 saturated carbocycles. The molecule has 0 radical (unpaired) electrons. The predicted molar refractivity (Wildman–Crippen MR) is 86.3 cm³/mol. The van der Waals surface area contributed by atoms with Crippen LogP contribution in [0.15, 0.2) is 36.4 Å². The Morgan fingerprint density at radius 1 is 1.23 bits per heavy atom. The first-order chi connectivity index (χ1) is 10.6. The fourth-order valence-corrected chi connectivity index (χ4v) is 2.26. The van der Waals surface area contributed by atoms with E-state index >= 15 is 0 Å². The third kappa shape index (κ3) is 6.12. The first-order valence-corrected chi connectivity index (χ1v) is 7.75. The van der Waals surface area contributed by atoms with Crippen molar-refractivity contribution >= 4 is 18.0 Å². The van der Waals surface area contributed by atoms with Crippen LogP contribution in [0.25, 0.3) is 6.08 Å². The number of aliphatic carboxylic acids is 1. The molecule has 4 nitrogen and oxygen atoms in total. The summed E-state index contributed by atoms with van der Waals surface area (Å²) in [6, 6.07) is 9.41. The summed E-state index contributed by atoms with van der Waals surface area (Å²) >= 11 is 0. The normalized spacial score (nSPS) is 13.7. The molecule has 0 fully saturated rings.